The molecule has 1 aliphatic rings. The number of allylic oxidation sites excluding steroid dienone is 1. The molecule has 0 bridgehead atoms. The first-order chi connectivity index (χ1) is 23.5. The number of ether oxygens (including phenoxy) is 3. The van der Waals surface area contributed by atoms with Crippen LogP contribution in [0.5, 0.6) is 11.5 Å². The lowest BCUT2D eigenvalue weighted by Gasteiger charge is -2.28. The number of rotatable bonds is 9. The number of hydrogen-bond acceptors (Lipinski definition) is 8. The lowest BCUT2D eigenvalue weighted by molar-refractivity contribution is -0.140. The quantitative estimate of drug-likeness (QED) is 0.195. The summed E-state index contributed by atoms with van der Waals surface area (Å²) in [4.78, 5) is 42.4. The number of methoxy groups -OCH3 is 1. The minimum absolute atomic E-state index is 0.0775. The summed E-state index contributed by atoms with van der Waals surface area (Å²) >= 11 is 0.758. The lowest BCUT2D eigenvalue weighted by Crippen LogP contribution is -2.41. The van der Waals surface area contributed by atoms with E-state index in [0.29, 0.717) is 27.6 Å². The van der Waals surface area contributed by atoms with E-state index >= 15 is 0 Å². The van der Waals surface area contributed by atoms with Crippen LogP contribution in [-0.4, -0.2) is 41.5 Å². The maximum Gasteiger partial charge on any atom is 0.434 e. The van der Waals surface area contributed by atoms with Crippen molar-refractivity contribution in [1.82, 2.24) is 4.57 Å². The first-order valence-electron chi connectivity index (χ1n) is 14.9. The van der Waals surface area contributed by atoms with Crippen LogP contribution < -0.4 is 24.4 Å². The predicted molar refractivity (Wildman–Crippen MR) is 175 cm³/mol. The fraction of sp³-hybridized carbons (Fsp3) is 0.167. The van der Waals surface area contributed by atoms with Crippen LogP contribution in [0.15, 0.2) is 106 Å². The number of alkyl halides is 3. The minimum atomic E-state index is -5.06. The van der Waals surface area contributed by atoms with Crippen molar-refractivity contribution in [1.29, 1.82) is 0 Å². The first kappa shape index (κ1) is 33.2. The zero-order valence-electron chi connectivity index (χ0n) is 26.0. The van der Waals surface area contributed by atoms with Crippen LogP contribution in [0.3, 0.4) is 0 Å². The van der Waals surface area contributed by atoms with Gasteiger partial charge in [-0.2, -0.15) is 13.2 Å². The number of thiazole rings is 1. The van der Waals surface area contributed by atoms with E-state index in [1.807, 2.05) is 0 Å². The lowest BCUT2D eigenvalue weighted by atomic mass is 9.90. The zero-order chi connectivity index (χ0) is 34.9. The van der Waals surface area contributed by atoms with Crippen molar-refractivity contribution < 1.29 is 42.1 Å². The third kappa shape index (κ3) is 6.57. The number of hydrogen-bond donors (Lipinski definition) is 1. The van der Waals surface area contributed by atoms with Gasteiger partial charge in [0.15, 0.2) is 10.5 Å². The summed E-state index contributed by atoms with van der Waals surface area (Å²) in [5.41, 5.74) is -1.41. The van der Waals surface area contributed by atoms with Gasteiger partial charge >= 0.3 is 18.1 Å². The molecule has 1 atom stereocenters. The van der Waals surface area contributed by atoms with Gasteiger partial charge in [0.25, 0.3) is 5.56 Å². The monoisotopic (exact) mass is 688 g/mol. The van der Waals surface area contributed by atoms with Crippen LogP contribution in [0.25, 0.3) is 16.8 Å². The van der Waals surface area contributed by atoms with Crippen molar-refractivity contribution in [3.05, 3.63) is 138 Å². The van der Waals surface area contributed by atoms with Gasteiger partial charge in [-0.25, -0.2) is 14.6 Å². The predicted octanol–water partition coefficient (Wildman–Crippen LogP) is 5.78. The molecule has 1 aliphatic heterocycles. The van der Waals surface area contributed by atoms with Crippen LogP contribution >= 0.6 is 11.3 Å². The number of benzene rings is 4. The van der Waals surface area contributed by atoms with Crippen LogP contribution in [0, 0.1) is 0 Å². The van der Waals surface area contributed by atoms with E-state index < -0.39 is 41.0 Å². The summed E-state index contributed by atoms with van der Waals surface area (Å²) in [5.74, 6) is -1.66. The average Bonchev–Trinajstić information content (AvgIpc) is 3.40. The second-order valence-electron chi connectivity index (χ2n) is 10.8. The summed E-state index contributed by atoms with van der Waals surface area (Å²) < 4.78 is 61.7. The number of halogens is 3. The van der Waals surface area contributed by atoms with E-state index in [2.05, 4.69) is 4.99 Å². The number of esters is 1. The fourth-order valence-electron chi connectivity index (χ4n) is 5.62. The molecule has 0 fully saturated rings. The molecule has 0 radical (unpaired) electrons. The number of nitrogens with zero attached hydrogens (tertiary/aromatic N) is 2. The van der Waals surface area contributed by atoms with Gasteiger partial charge in [-0.3, -0.25) is 9.36 Å². The van der Waals surface area contributed by atoms with Gasteiger partial charge in [-0.05, 0) is 65.2 Å². The number of carboxylic acids is 1. The number of fused-ring (bicyclic) bond motifs is 2. The molecule has 0 aliphatic carbocycles. The maximum absolute atomic E-state index is 14.7. The van der Waals surface area contributed by atoms with Crippen molar-refractivity contribution in [2.45, 2.75) is 25.7 Å². The molecule has 0 saturated carbocycles. The third-order valence-corrected chi connectivity index (χ3v) is 8.76. The molecule has 2 heterocycles. The average molecular weight is 689 g/mol. The third-order valence-electron chi connectivity index (χ3n) is 7.78. The Morgan fingerprint density at radius 1 is 1.02 bits per heavy atom. The Bertz CT molecular complexity index is 2310. The Morgan fingerprint density at radius 2 is 1.78 bits per heavy atom. The summed E-state index contributed by atoms with van der Waals surface area (Å²) in [7, 11) is 1.36. The highest BCUT2D eigenvalue weighted by molar-refractivity contribution is 7.07. The maximum atomic E-state index is 14.7. The number of carboxylic acid groups (broad SMARTS) is 1. The van der Waals surface area contributed by atoms with Gasteiger partial charge in [-0.15, -0.1) is 0 Å². The van der Waals surface area contributed by atoms with Crippen LogP contribution in [0.1, 0.15) is 40.0 Å². The molecule has 1 aromatic heterocycles. The van der Waals surface area contributed by atoms with Crippen molar-refractivity contribution in [3.8, 4) is 11.5 Å². The molecule has 250 valence electrons. The molecule has 9 nitrogen and oxygen atoms in total. The van der Waals surface area contributed by atoms with Crippen molar-refractivity contribution >= 4 is 40.1 Å². The SMILES string of the molecule is CCOC(=O)C1=C(C(F)(F)F)N=c2s/c(=C\c3ccc(OCc4cccc(C(=O)O)c4)cc3)c(=O)n2[C@@H]1c1c(OC)ccc2ccccc12. The molecule has 6 rings (SSSR count). The Labute approximate surface area is 280 Å². The highest BCUT2D eigenvalue weighted by Gasteiger charge is 2.46. The fourth-order valence-corrected chi connectivity index (χ4v) is 6.62. The molecule has 49 heavy (non-hydrogen) atoms. The molecule has 0 amide bonds. The number of aromatic carboxylic acids is 1. The Hall–Kier alpha value is -5.69. The largest absolute Gasteiger partial charge is 0.496 e. The Kier molecular flexibility index (Phi) is 9.11. The van der Waals surface area contributed by atoms with Gasteiger partial charge in [0.05, 0.1) is 29.4 Å². The Balaban J connectivity index is 1.47. The van der Waals surface area contributed by atoms with Crippen molar-refractivity contribution in [2.24, 2.45) is 4.99 Å². The molecular weight excluding hydrogens is 661 g/mol. The van der Waals surface area contributed by atoms with E-state index in [1.165, 1.54) is 32.2 Å². The summed E-state index contributed by atoms with van der Waals surface area (Å²) in [6.45, 7) is 1.38. The zero-order valence-corrected chi connectivity index (χ0v) is 26.8. The molecular formula is C36H27F3N2O7S. The summed E-state index contributed by atoms with van der Waals surface area (Å²) in [6, 6.07) is 21.6. The summed E-state index contributed by atoms with van der Waals surface area (Å²) in [5, 5.41) is 10.4. The van der Waals surface area contributed by atoms with E-state index in [0.717, 1.165) is 15.9 Å². The number of carbonyl (C=O) groups is 2. The molecule has 0 unspecified atom stereocenters. The molecule has 0 saturated heterocycles. The van der Waals surface area contributed by atoms with Gasteiger partial charge in [0.1, 0.15) is 24.1 Å². The van der Waals surface area contributed by atoms with E-state index in [1.54, 1.807) is 72.8 Å². The molecule has 13 heteroatoms. The highest BCUT2D eigenvalue weighted by Crippen LogP contribution is 2.43. The minimum Gasteiger partial charge on any atom is -0.496 e. The molecule has 1 N–H and O–H groups in total. The smallest absolute Gasteiger partial charge is 0.434 e. The van der Waals surface area contributed by atoms with Gasteiger partial charge in [0.2, 0.25) is 0 Å². The highest BCUT2D eigenvalue weighted by atomic mass is 32.1. The van der Waals surface area contributed by atoms with Crippen LogP contribution in [-0.2, 0) is 16.1 Å². The number of aromatic nitrogens is 1. The molecule has 4 aromatic carbocycles. The standard InChI is InChI=1S/C36H27F3N2O7S/c1-3-47-34(45)29-30(28-25-10-5-4-8-22(25)13-16-26(28)46-2)41-32(42)27(49-35(41)40-31(29)36(37,38)39)18-20-11-14-24(15-12-20)48-19-21-7-6-9-23(17-21)33(43)44/h4-18,30H,3,19H2,1-2H3,(H,43,44)/b27-18-/t30-/m1/s1. The van der Waals surface area contributed by atoms with E-state index in [-0.39, 0.29) is 39.4 Å². The molecule has 0 spiro atoms. The number of carbonyl (C=O) groups excluding carboxylic acids is 1. The van der Waals surface area contributed by atoms with E-state index in [9.17, 15) is 32.7 Å². The molecule has 5 aromatic rings. The van der Waals surface area contributed by atoms with E-state index in [4.69, 9.17) is 14.2 Å². The van der Waals surface area contributed by atoms with Crippen molar-refractivity contribution in [3.63, 3.8) is 0 Å². The first-order valence-corrected chi connectivity index (χ1v) is 15.7. The van der Waals surface area contributed by atoms with Gasteiger partial charge in [-0.1, -0.05) is 65.9 Å². The topological polar surface area (TPSA) is 116 Å². The Morgan fingerprint density at radius 3 is 2.47 bits per heavy atom. The summed E-state index contributed by atoms with van der Waals surface area (Å²) in [6.07, 6.45) is -3.54. The second kappa shape index (κ2) is 13.4. The van der Waals surface area contributed by atoms with Crippen molar-refractivity contribution in [2.75, 3.05) is 13.7 Å². The van der Waals surface area contributed by atoms with Gasteiger partial charge in [0, 0.05) is 5.56 Å². The second-order valence-corrected chi connectivity index (χ2v) is 11.8. The normalized spacial score (nSPS) is 14.7. The van der Waals surface area contributed by atoms with Crippen LogP contribution in [0.2, 0.25) is 0 Å². The van der Waals surface area contributed by atoms with Crippen LogP contribution in [0.4, 0.5) is 13.2 Å². The van der Waals surface area contributed by atoms with Gasteiger partial charge < -0.3 is 19.3 Å².